The molecule has 8 nitrogen and oxygen atoms in total. The minimum Gasteiger partial charge on any atom is -0.497 e. The van der Waals surface area contributed by atoms with Gasteiger partial charge < -0.3 is 19.5 Å². The third kappa shape index (κ3) is 8.55. The molecule has 1 fully saturated rings. The topological polar surface area (TPSA) is 91.7 Å². The number of hydrazone groups is 1. The van der Waals surface area contributed by atoms with Gasteiger partial charge in [-0.25, -0.2) is 5.01 Å². The molecule has 0 unspecified atom stereocenters. The van der Waals surface area contributed by atoms with Gasteiger partial charge in [0.05, 0.1) is 51.8 Å². The van der Waals surface area contributed by atoms with Crippen molar-refractivity contribution in [2.45, 2.75) is 76.4 Å². The summed E-state index contributed by atoms with van der Waals surface area (Å²) in [5.41, 5.74) is 5.12. The van der Waals surface area contributed by atoms with Crippen LogP contribution in [0.3, 0.4) is 0 Å². The number of aliphatic hydroxyl groups is 1. The van der Waals surface area contributed by atoms with Gasteiger partial charge in [-0.1, -0.05) is 110 Å². The zero-order valence-electron chi connectivity index (χ0n) is 30.8. The first kappa shape index (κ1) is 37.2. The van der Waals surface area contributed by atoms with E-state index in [4.69, 9.17) is 14.6 Å². The van der Waals surface area contributed by atoms with Crippen molar-refractivity contribution in [1.82, 2.24) is 4.90 Å². The molecule has 272 valence electrons. The highest BCUT2D eigenvalue weighted by molar-refractivity contribution is 6.91. The lowest BCUT2D eigenvalue weighted by atomic mass is 9.95. The van der Waals surface area contributed by atoms with Crippen molar-refractivity contribution in [3.8, 4) is 5.75 Å². The number of hydrogen-bond donors (Lipinski definition) is 1. The number of anilines is 1. The van der Waals surface area contributed by atoms with Crippen LogP contribution in [-0.2, 0) is 27.3 Å². The van der Waals surface area contributed by atoms with E-state index in [9.17, 15) is 14.7 Å². The van der Waals surface area contributed by atoms with Gasteiger partial charge in [0.25, 0.3) is 0 Å². The number of carbonyl (C=O) groups excluding carboxylic acids is 2. The van der Waals surface area contributed by atoms with Gasteiger partial charge in [-0.05, 0) is 65.3 Å². The van der Waals surface area contributed by atoms with E-state index in [1.165, 1.54) is 10.2 Å². The second-order valence-electron chi connectivity index (χ2n) is 14.6. The van der Waals surface area contributed by atoms with Crippen LogP contribution in [0.2, 0.25) is 18.6 Å². The number of benzene rings is 4. The molecule has 2 aliphatic rings. The van der Waals surface area contributed by atoms with E-state index in [0.717, 1.165) is 46.7 Å². The fraction of sp³-hybridized carbons (Fsp3) is 0.372. The van der Waals surface area contributed by atoms with Crippen molar-refractivity contribution in [3.63, 3.8) is 0 Å². The molecule has 0 saturated carbocycles. The number of nitrogens with zero attached hydrogens (tertiary/aromatic N) is 3. The number of aryl methyl sites for hydroxylation is 1. The Balaban J connectivity index is 1.18. The Morgan fingerprint density at radius 1 is 0.904 bits per heavy atom. The van der Waals surface area contributed by atoms with Gasteiger partial charge in [0.15, 0.2) is 0 Å². The van der Waals surface area contributed by atoms with E-state index in [-0.39, 0.29) is 55.1 Å². The SMILES string of the molecule is COc1ccc([Si](C)(C)[C@@H]2[C@@H](C)[C@@H](CCc3ccc(N4N=C(c5ccccc5)CCC4=O)cc3)O[C@H]2CC(=O)N(CCO)Cc2ccccc2)cc1. The van der Waals surface area contributed by atoms with Gasteiger partial charge in [0.2, 0.25) is 11.8 Å². The van der Waals surface area contributed by atoms with Crippen LogP contribution in [0.5, 0.6) is 5.75 Å². The standard InChI is InChI=1S/C43H51N3O5Si/c1-31-39(25-17-32-15-18-35(19-16-32)46-41(48)26-24-38(44-46)34-13-9-6-10-14-34)51-40(43(31)52(3,4)37-22-20-36(50-2)21-23-37)29-42(49)45(27-28-47)30-33-11-7-5-8-12-33/h5-16,18-23,31,39-40,43,47H,17,24-30H2,1-4H3/t31-,39+,40-,43+/m0/s1. The second kappa shape index (κ2) is 16.8. The summed E-state index contributed by atoms with van der Waals surface area (Å²) in [5, 5.41) is 17.4. The van der Waals surface area contributed by atoms with Crippen molar-refractivity contribution in [2.75, 3.05) is 25.3 Å². The number of aliphatic hydroxyl groups excluding tert-OH is 1. The quantitative estimate of drug-likeness (QED) is 0.143. The van der Waals surface area contributed by atoms with Crippen molar-refractivity contribution < 1.29 is 24.2 Å². The Kier molecular flexibility index (Phi) is 12.0. The minimum atomic E-state index is -2.17. The highest BCUT2D eigenvalue weighted by Gasteiger charge is 2.51. The van der Waals surface area contributed by atoms with Crippen molar-refractivity contribution in [2.24, 2.45) is 11.0 Å². The Hall–Kier alpha value is -4.57. The number of rotatable bonds is 14. The van der Waals surface area contributed by atoms with Crippen LogP contribution in [0.25, 0.3) is 0 Å². The monoisotopic (exact) mass is 717 g/mol. The smallest absolute Gasteiger partial charge is 0.247 e. The molecule has 52 heavy (non-hydrogen) atoms. The summed E-state index contributed by atoms with van der Waals surface area (Å²) < 4.78 is 12.4. The van der Waals surface area contributed by atoms with Gasteiger partial charge in [0, 0.05) is 25.9 Å². The first-order chi connectivity index (χ1) is 25.2. The van der Waals surface area contributed by atoms with E-state index >= 15 is 0 Å². The number of methoxy groups -OCH3 is 1. The largest absolute Gasteiger partial charge is 0.497 e. The van der Waals surface area contributed by atoms with Crippen molar-refractivity contribution >= 4 is 36.5 Å². The number of hydrogen-bond acceptors (Lipinski definition) is 6. The molecule has 1 N–H and O–H groups in total. The summed E-state index contributed by atoms with van der Waals surface area (Å²) in [6, 6.07) is 36.5. The fourth-order valence-electron chi connectivity index (χ4n) is 8.07. The highest BCUT2D eigenvalue weighted by atomic mass is 28.3. The van der Waals surface area contributed by atoms with Crippen LogP contribution in [0.15, 0.2) is 114 Å². The van der Waals surface area contributed by atoms with Crippen LogP contribution in [-0.4, -0.2) is 68.1 Å². The van der Waals surface area contributed by atoms with E-state index < -0.39 is 8.07 Å². The molecule has 0 radical (unpaired) electrons. The number of amides is 2. The second-order valence-corrected chi connectivity index (χ2v) is 19.3. The maximum atomic E-state index is 14.0. The maximum Gasteiger partial charge on any atom is 0.247 e. The molecule has 0 spiro atoms. The summed E-state index contributed by atoms with van der Waals surface area (Å²) in [4.78, 5) is 28.6. The van der Waals surface area contributed by atoms with E-state index in [1.54, 1.807) is 12.0 Å². The van der Waals surface area contributed by atoms with E-state index in [0.29, 0.717) is 19.4 Å². The zero-order chi connectivity index (χ0) is 36.7. The average Bonchev–Trinajstić information content (AvgIpc) is 3.49. The zero-order valence-corrected chi connectivity index (χ0v) is 31.8. The lowest BCUT2D eigenvalue weighted by Crippen LogP contribution is -2.51. The Morgan fingerprint density at radius 2 is 1.58 bits per heavy atom. The third-order valence-electron chi connectivity index (χ3n) is 10.9. The fourth-order valence-corrected chi connectivity index (χ4v) is 12.1. The first-order valence-corrected chi connectivity index (χ1v) is 21.5. The highest BCUT2D eigenvalue weighted by Crippen LogP contribution is 2.46. The molecule has 1 saturated heterocycles. The lowest BCUT2D eigenvalue weighted by Gasteiger charge is -2.36. The molecular weight excluding hydrogens is 667 g/mol. The molecular formula is C43H51N3O5Si. The van der Waals surface area contributed by atoms with Gasteiger partial charge >= 0.3 is 0 Å². The van der Waals surface area contributed by atoms with Crippen LogP contribution in [0, 0.1) is 5.92 Å². The Labute approximate surface area is 309 Å². The number of carbonyl (C=O) groups is 2. The summed E-state index contributed by atoms with van der Waals surface area (Å²) in [6.45, 7) is 7.71. The van der Waals surface area contributed by atoms with Crippen LogP contribution in [0.4, 0.5) is 5.69 Å². The Bertz CT molecular complexity index is 1820. The van der Waals surface area contributed by atoms with Crippen LogP contribution >= 0.6 is 0 Å². The summed E-state index contributed by atoms with van der Waals surface area (Å²) in [5.74, 6) is 1.06. The van der Waals surface area contributed by atoms with Gasteiger partial charge in [0.1, 0.15) is 5.75 Å². The minimum absolute atomic E-state index is 0.00112. The normalized spacial score (nSPS) is 20.4. The maximum absolute atomic E-state index is 14.0. The molecule has 0 bridgehead atoms. The summed E-state index contributed by atoms with van der Waals surface area (Å²) in [7, 11) is -0.485. The van der Waals surface area contributed by atoms with Gasteiger partial charge in [-0.2, -0.15) is 5.10 Å². The number of ether oxygens (including phenoxy) is 2. The van der Waals surface area contributed by atoms with E-state index in [1.807, 2.05) is 84.9 Å². The molecule has 9 heteroatoms. The Morgan fingerprint density at radius 3 is 2.23 bits per heavy atom. The predicted octanol–water partition coefficient (Wildman–Crippen LogP) is 6.96. The third-order valence-corrected chi connectivity index (χ3v) is 15.3. The lowest BCUT2D eigenvalue weighted by molar-refractivity contribution is -0.135. The molecule has 4 aromatic rings. The summed E-state index contributed by atoms with van der Waals surface area (Å²) in [6.07, 6.45) is 2.70. The van der Waals surface area contributed by atoms with E-state index in [2.05, 4.69) is 44.3 Å². The molecule has 0 aromatic heterocycles. The molecule has 4 aromatic carbocycles. The first-order valence-electron chi connectivity index (χ1n) is 18.4. The van der Waals surface area contributed by atoms with Crippen LogP contribution in [0.1, 0.15) is 49.3 Å². The van der Waals surface area contributed by atoms with Crippen molar-refractivity contribution in [1.29, 1.82) is 0 Å². The van der Waals surface area contributed by atoms with Gasteiger partial charge in [-0.3, -0.25) is 9.59 Å². The molecule has 4 atom stereocenters. The predicted molar refractivity (Wildman–Crippen MR) is 210 cm³/mol. The van der Waals surface area contributed by atoms with Crippen LogP contribution < -0.4 is 14.9 Å². The molecule has 2 heterocycles. The van der Waals surface area contributed by atoms with Gasteiger partial charge in [-0.15, -0.1) is 0 Å². The molecule has 0 aliphatic carbocycles. The molecule has 2 aliphatic heterocycles. The molecule has 2 amide bonds. The van der Waals surface area contributed by atoms with Crippen molar-refractivity contribution in [3.05, 3.63) is 126 Å². The molecule has 6 rings (SSSR count). The summed E-state index contributed by atoms with van der Waals surface area (Å²) >= 11 is 0. The average molecular weight is 718 g/mol.